The van der Waals surface area contributed by atoms with Gasteiger partial charge in [0.25, 0.3) is 0 Å². The predicted molar refractivity (Wildman–Crippen MR) is 118 cm³/mol. The zero-order valence-electron chi connectivity index (χ0n) is 15.8. The lowest BCUT2D eigenvalue weighted by atomic mass is 9.99. The van der Waals surface area contributed by atoms with Gasteiger partial charge in [-0.25, -0.2) is 0 Å². The summed E-state index contributed by atoms with van der Waals surface area (Å²) in [5, 5.41) is 2.87. The molecule has 1 aliphatic heterocycles. The highest BCUT2D eigenvalue weighted by atomic mass is 31.1. The summed E-state index contributed by atoms with van der Waals surface area (Å²) in [5.41, 5.74) is 2.93. The normalized spacial score (nSPS) is 17.7. The zero-order valence-corrected chi connectivity index (χ0v) is 16.7. The molecule has 1 atom stereocenters. The van der Waals surface area contributed by atoms with Gasteiger partial charge in [-0.1, -0.05) is 103 Å². The van der Waals surface area contributed by atoms with E-state index in [9.17, 15) is 0 Å². The molecule has 0 aromatic heterocycles. The van der Waals surface area contributed by atoms with E-state index in [0.29, 0.717) is 6.04 Å². The van der Waals surface area contributed by atoms with Gasteiger partial charge in [0.15, 0.2) is 0 Å². The van der Waals surface area contributed by atoms with Crippen LogP contribution in [0.2, 0.25) is 0 Å². The maximum atomic E-state index is 2.75. The standard InChI is InChI=1S/C25H26NP/c1-21-17-18-26(23(19-21)20-22-11-5-2-6-12-22)27(24-13-7-3-8-14-24)25-15-9-4-10-16-25/h2-16,19,23H,17-18,20H2,1H3/t23-/m1/s1. The Morgan fingerprint density at radius 3 is 1.85 bits per heavy atom. The molecule has 1 heterocycles. The van der Waals surface area contributed by atoms with Crippen LogP contribution in [0.15, 0.2) is 103 Å². The number of hydrogen-bond acceptors (Lipinski definition) is 1. The number of rotatable bonds is 5. The first-order valence-corrected chi connectivity index (χ1v) is 11.0. The highest BCUT2D eigenvalue weighted by Crippen LogP contribution is 2.43. The van der Waals surface area contributed by atoms with Crippen molar-refractivity contribution in [3.05, 3.63) is 108 Å². The fraction of sp³-hybridized carbons (Fsp3) is 0.200. The van der Waals surface area contributed by atoms with Gasteiger partial charge in [0.05, 0.1) is 0 Å². The second kappa shape index (κ2) is 8.65. The molecule has 0 saturated heterocycles. The fourth-order valence-electron chi connectivity index (χ4n) is 3.81. The van der Waals surface area contributed by atoms with Crippen molar-refractivity contribution in [1.29, 1.82) is 0 Å². The van der Waals surface area contributed by atoms with Crippen molar-refractivity contribution < 1.29 is 0 Å². The maximum absolute atomic E-state index is 2.75. The molecule has 4 rings (SSSR count). The zero-order chi connectivity index (χ0) is 18.5. The molecule has 0 saturated carbocycles. The molecule has 0 fully saturated rings. The molecule has 3 aromatic rings. The Balaban J connectivity index is 1.73. The first-order chi connectivity index (χ1) is 13.3. The van der Waals surface area contributed by atoms with Crippen molar-refractivity contribution in [2.24, 2.45) is 0 Å². The first kappa shape index (κ1) is 18.2. The number of nitrogens with zero attached hydrogens (tertiary/aromatic N) is 1. The maximum Gasteiger partial charge on any atom is 0.0363 e. The van der Waals surface area contributed by atoms with Crippen LogP contribution in [0.5, 0.6) is 0 Å². The molecule has 0 N–H and O–H groups in total. The van der Waals surface area contributed by atoms with E-state index in [-0.39, 0.29) is 0 Å². The average molecular weight is 371 g/mol. The Morgan fingerprint density at radius 2 is 1.30 bits per heavy atom. The molecule has 2 heteroatoms. The second-order valence-electron chi connectivity index (χ2n) is 7.17. The SMILES string of the molecule is CC1=C[C@H](Cc2ccccc2)N(P(c2ccccc2)c2ccccc2)CC1. The summed E-state index contributed by atoms with van der Waals surface area (Å²) in [6.45, 7) is 3.40. The van der Waals surface area contributed by atoms with Gasteiger partial charge in [0.1, 0.15) is 0 Å². The largest absolute Gasteiger partial charge is 0.267 e. The molecule has 0 amide bonds. The van der Waals surface area contributed by atoms with E-state index >= 15 is 0 Å². The third-order valence-corrected chi connectivity index (χ3v) is 7.73. The highest BCUT2D eigenvalue weighted by Gasteiger charge is 2.30. The summed E-state index contributed by atoms with van der Waals surface area (Å²) < 4.78 is 2.75. The van der Waals surface area contributed by atoms with Crippen molar-refractivity contribution in [3.8, 4) is 0 Å². The van der Waals surface area contributed by atoms with Gasteiger partial charge >= 0.3 is 0 Å². The molecular formula is C25H26NP. The monoisotopic (exact) mass is 371 g/mol. The lowest BCUT2D eigenvalue weighted by Gasteiger charge is -2.40. The second-order valence-corrected chi connectivity index (χ2v) is 9.34. The van der Waals surface area contributed by atoms with Gasteiger partial charge in [0.2, 0.25) is 0 Å². The molecule has 1 nitrogen and oxygen atoms in total. The summed E-state index contributed by atoms with van der Waals surface area (Å²) in [5.74, 6) is 0. The van der Waals surface area contributed by atoms with Crippen LogP contribution in [-0.4, -0.2) is 17.3 Å². The molecule has 136 valence electrons. The van der Waals surface area contributed by atoms with E-state index in [1.807, 2.05) is 0 Å². The summed E-state index contributed by atoms with van der Waals surface area (Å²) >= 11 is 0. The third-order valence-electron chi connectivity index (χ3n) is 5.14. The van der Waals surface area contributed by atoms with E-state index in [1.54, 1.807) is 0 Å². The molecule has 0 unspecified atom stereocenters. The molecule has 3 aromatic carbocycles. The third kappa shape index (κ3) is 4.38. The summed E-state index contributed by atoms with van der Waals surface area (Å²) in [6.07, 6.45) is 4.72. The number of hydrogen-bond donors (Lipinski definition) is 0. The van der Waals surface area contributed by atoms with E-state index < -0.39 is 8.07 Å². The minimum absolute atomic E-state index is 0.438. The van der Waals surface area contributed by atoms with Gasteiger partial charge in [-0.15, -0.1) is 0 Å². The molecule has 0 radical (unpaired) electrons. The van der Waals surface area contributed by atoms with Gasteiger partial charge in [-0.05, 0) is 35.9 Å². The quantitative estimate of drug-likeness (QED) is 0.435. The highest BCUT2D eigenvalue weighted by molar-refractivity contribution is 7.70. The van der Waals surface area contributed by atoms with Crippen molar-refractivity contribution in [2.45, 2.75) is 25.8 Å². The van der Waals surface area contributed by atoms with Gasteiger partial charge in [0, 0.05) is 20.7 Å². The molecule has 1 aliphatic rings. The Hall–Kier alpha value is -2.21. The van der Waals surface area contributed by atoms with Crippen LogP contribution >= 0.6 is 8.07 Å². The smallest absolute Gasteiger partial charge is 0.0363 e. The van der Waals surface area contributed by atoms with E-state index in [1.165, 1.54) is 21.7 Å². The first-order valence-electron chi connectivity index (χ1n) is 9.69. The van der Waals surface area contributed by atoms with Crippen LogP contribution in [-0.2, 0) is 6.42 Å². The predicted octanol–water partition coefficient (Wildman–Crippen LogP) is 5.30. The van der Waals surface area contributed by atoms with Crippen molar-refractivity contribution in [3.63, 3.8) is 0 Å². The van der Waals surface area contributed by atoms with Crippen LogP contribution in [0.4, 0.5) is 0 Å². The molecule has 0 bridgehead atoms. The van der Waals surface area contributed by atoms with Crippen molar-refractivity contribution in [1.82, 2.24) is 4.67 Å². The Kier molecular flexibility index (Phi) is 5.82. The van der Waals surface area contributed by atoms with Crippen LogP contribution in [0.3, 0.4) is 0 Å². The van der Waals surface area contributed by atoms with E-state index in [2.05, 4.69) is 109 Å². The summed E-state index contributed by atoms with van der Waals surface area (Å²) in [7, 11) is -0.535. The van der Waals surface area contributed by atoms with Gasteiger partial charge in [-0.3, -0.25) is 4.67 Å². The van der Waals surface area contributed by atoms with Crippen LogP contribution in [0.1, 0.15) is 18.9 Å². The van der Waals surface area contributed by atoms with Gasteiger partial charge < -0.3 is 0 Å². The van der Waals surface area contributed by atoms with Gasteiger partial charge in [-0.2, -0.15) is 0 Å². The summed E-state index contributed by atoms with van der Waals surface area (Å²) in [6, 6.07) is 33.4. The average Bonchev–Trinajstić information content (AvgIpc) is 2.72. The summed E-state index contributed by atoms with van der Waals surface area (Å²) in [4.78, 5) is 0. The molecule has 0 spiro atoms. The topological polar surface area (TPSA) is 3.24 Å². The van der Waals surface area contributed by atoms with Crippen LogP contribution in [0, 0.1) is 0 Å². The van der Waals surface area contributed by atoms with Crippen LogP contribution < -0.4 is 10.6 Å². The van der Waals surface area contributed by atoms with E-state index in [4.69, 9.17) is 0 Å². The Labute approximate surface area is 164 Å². The van der Waals surface area contributed by atoms with E-state index in [0.717, 1.165) is 19.4 Å². The van der Waals surface area contributed by atoms with Crippen LogP contribution in [0.25, 0.3) is 0 Å². The number of benzene rings is 3. The lowest BCUT2D eigenvalue weighted by Crippen LogP contribution is -2.40. The molecular weight excluding hydrogens is 345 g/mol. The Morgan fingerprint density at radius 1 is 0.778 bits per heavy atom. The minimum Gasteiger partial charge on any atom is -0.267 e. The minimum atomic E-state index is -0.535. The Bertz CT molecular complexity index is 834. The fourth-order valence-corrected chi connectivity index (χ4v) is 6.35. The van der Waals surface area contributed by atoms with Crippen molar-refractivity contribution in [2.75, 3.05) is 6.54 Å². The molecule has 0 aliphatic carbocycles. The van der Waals surface area contributed by atoms with Crippen molar-refractivity contribution >= 4 is 18.7 Å². The lowest BCUT2D eigenvalue weighted by molar-refractivity contribution is 0.377. The molecule has 27 heavy (non-hydrogen) atoms.